The monoisotopic (exact) mass is 254 g/mol. The molecule has 0 aromatic heterocycles. The molecule has 0 aliphatic rings. The second-order valence-electron chi connectivity index (χ2n) is 5.73. The van der Waals surface area contributed by atoms with Crippen molar-refractivity contribution in [3.63, 3.8) is 0 Å². The van der Waals surface area contributed by atoms with E-state index >= 15 is 0 Å². The van der Waals surface area contributed by atoms with Gasteiger partial charge in [0.2, 0.25) is 0 Å². The Morgan fingerprint density at radius 3 is 2.21 bits per heavy atom. The maximum absolute atomic E-state index is 9.76. The van der Waals surface area contributed by atoms with E-state index in [0.29, 0.717) is 5.75 Å². The maximum atomic E-state index is 9.76. The van der Waals surface area contributed by atoms with Crippen molar-refractivity contribution in [2.75, 3.05) is 0 Å². The van der Waals surface area contributed by atoms with Gasteiger partial charge in [-0.05, 0) is 41.9 Å². The van der Waals surface area contributed by atoms with Crippen molar-refractivity contribution in [3.8, 4) is 5.75 Å². The Bertz CT molecular complexity index is 514. The predicted octanol–water partition coefficient (Wildman–Crippen LogP) is 4.69. The summed E-state index contributed by atoms with van der Waals surface area (Å²) in [6, 6.07) is 18.3. The highest BCUT2D eigenvalue weighted by molar-refractivity contribution is 5.32. The molecular weight excluding hydrogens is 232 g/mol. The first-order valence-corrected chi connectivity index (χ1v) is 6.92. The smallest absolute Gasteiger partial charge is 0.118 e. The summed E-state index contributed by atoms with van der Waals surface area (Å²) in [4.78, 5) is 0. The Kier molecular flexibility index (Phi) is 4.26. The minimum Gasteiger partial charge on any atom is -0.508 e. The van der Waals surface area contributed by atoms with Gasteiger partial charge in [0, 0.05) is 0 Å². The third kappa shape index (κ3) is 3.60. The van der Waals surface area contributed by atoms with E-state index in [4.69, 9.17) is 0 Å². The molecule has 1 nitrogen and oxygen atoms in total. The standard InChI is InChI=1S/C18H22O/c1-18(2,16-11-4-3-5-12-16)14-8-10-15-9-6-7-13-17(15)19/h3-7,9,11-13,19H,8,10,14H2,1-2H3. The van der Waals surface area contributed by atoms with Gasteiger partial charge in [-0.3, -0.25) is 0 Å². The summed E-state index contributed by atoms with van der Waals surface area (Å²) in [5.41, 5.74) is 2.62. The Balaban J connectivity index is 1.94. The van der Waals surface area contributed by atoms with Crippen LogP contribution in [0, 0.1) is 0 Å². The van der Waals surface area contributed by atoms with Crippen LogP contribution in [0.15, 0.2) is 54.6 Å². The zero-order chi connectivity index (χ0) is 13.7. The van der Waals surface area contributed by atoms with E-state index in [2.05, 4.69) is 44.2 Å². The normalized spacial score (nSPS) is 11.5. The maximum Gasteiger partial charge on any atom is 0.118 e. The molecule has 1 N–H and O–H groups in total. The minimum absolute atomic E-state index is 0.186. The van der Waals surface area contributed by atoms with Crippen LogP contribution in [0.25, 0.3) is 0 Å². The fourth-order valence-electron chi connectivity index (χ4n) is 2.48. The van der Waals surface area contributed by atoms with E-state index in [1.54, 1.807) is 6.07 Å². The van der Waals surface area contributed by atoms with E-state index in [1.807, 2.05) is 18.2 Å². The summed E-state index contributed by atoms with van der Waals surface area (Å²) in [6.07, 6.45) is 3.13. The van der Waals surface area contributed by atoms with Crippen molar-refractivity contribution in [3.05, 3.63) is 65.7 Å². The van der Waals surface area contributed by atoms with Crippen LogP contribution in [-0.4, -0.2) is 5.11 Å². The number of aromatic hydroxyl groups is 1. The fourth-order valence-corrected chi connectivity index (χ4v) is 2.48. The molecule has 2 aromatic rings. The van der Waals surface area contributed by atoms with E-state index in [9.17, 15) is 5.11 Å². The lowest BCUT2D eigenvalue weighted by molar-refractivity contribution is 0.446. The lowest BCUT2D eigenvalue weighted by atomic mass is 9.80. The molecule has 0 unspecified atom stereocenters. The Morgan fingerprint density at radius 2 is 1.53 bits per heavy atom. The first kappa shape index (κ1) is 13.7. The second-order valence-corrected chi connectivity index (χ2v) is 5.73. The number of para-hydroxylation sites is 1. The van der Waals surface area contributed by atoms with Gasteiger partial charge in [-0.1, -0.05) is 62.4 Å². The van der Waals surface area contributed by atoms with Crippen LogP contribution in [0.5, 0.6) is 5.75 Å². The SMILES string of the molecule is CC(C)(CCCc1ccccc1O)c1ccccc1. The van der Waals surface area contributed by atoms with Crippen LogP contribution in [0.1, 0.15) is 37.8 Å². The van der Waals surface area contributed by atoms with Gasteiger partial charge in [-0.15, -0.1) is 0 Å². The van der Waals surface area contributed by atoms with Crippen LogP contribution in [-0.2, 0) is 11.8 Å². The van der Waals surface area contributed by atoms with E-state index < -0.39 is 0 Å². The molecule has 0 radical (unpaired) electrons. The molecule has 0 amide bonds. The average Bonchev–Trinajstić information content (AvgIpc) is 2.42. The predicted molar refractivity (Wildman–Crippen MR) is 80.5 cm³/mol. The second kappa shape index (κ2) is 5.92. The van der Waals surface area contributed by atoms with Gasteiger partial charge in [-0.2, -0.15) is 0 Å². The molecule has 0 atom stereocenters. The van der Waals surface area contributed by atoms with E-state index in [-0.39, 0.29) is 5.41 Å². The highest BCUT2D eigenvalue weighted by atomic mass is 16.3. The van der Waals surface area contributed by atoms with E-state index in [0.717, 1.165) is 24.8 Å². The van der Waals surface area contributed by atoms with Crippen LogP contribution >= 0.6 is 0 Å². The molecule has 1 heteroatoms. The van der Waals surface area contributed by atoms with Gasteiger partial charge >= 0.3 is 0 Å². The fraction of sp³-hybridized carbons (Fsp3) is 0.333. The average molecular weight is 254 g/mol. The molecule has 0 heterocycles. The number of hydrogen-bond acceptors (Lipinski definition) is 1. The number of benzene rings is 2. The van der Waals surface area contributed by atoms with Crippen molar-refractivity contribution in [2.45, 2.75) is 38.5 Å². The molecular formula is C18H22O. The minimum atomic E-state index is 0.186. The van der Waals surface area contributed by atoms with Gasteiger partial charge in [0.1, 0.15) is 5.75 Å². The van der Waals surface area contributed by atoms with E-state index in [1.165, 1.54) is 5.56 Å². The third-order valence-electron chi connectivity index (χ3n) is 3.79. The van der Waals surface area contributed by atoms with Crippen LogP contribution in [0.3, 0.4) is 0 Å². The molecule has 0 aliphatic carbocycles. The van der Waals surface area contributed by atoms with Crippen molar-refractivity contribution in [2.24, 2.45) is 0 Å². The van der Waals surface area contributed by atoms with Crippen LogP contribution in [0.4, 0.5) is 0 Å². The molecule has 0 spiro atoms. The number of phenols is 1. The topological polar surface area (TPSA) is 20.2 Å². The number of aryl methyl sites for hydroxylation is 1. The number of rotatable bonds is 5. The quantitative estimate of drug-likeness (QED) is 0.820. The molecule has 0 fully saturated rings. The number of hydrogen-bond donors (Lipinski definition) is 1. The molecule has 0 aliphatic heterocycles. The van der Waals surface area contributed by atoms with Gasteiger partial charge in [0.25, 0.3) is 0 Å². The van der Waals surface area contributed by atoms with Gasteiger partial charge < -0.3 is 5.11 Å². The Labute approximate surface area is 115 Å². The molecule has 0 saturated heterocycles. The third-order valence-corrected chi connectivity index (χ3v) is 3.79. The summed E-state index contributed by atoms with van der Waals surface area (Å²) in [5.74, 6) is 0.417. The summed E-state index contributed by atoms with van der Waals surface area (Å²) < 4.78 is 0. The number of phenolic OH excluding ortho intramolecular Hbond substituents is 1. The highest BCUT2D eigenvalue weighted by Gasteiger charge is 2.19. The van der Waals surface area contributed by atoms with Gasteiger partial charge in [0.15, 0.2) is 0 Å². The van der Waals surface area contributed by atoms with Crippen molar-refractivity contribution in [1.29, 1.82) is 0 Å². The molecule has 2 aromatic carbocycles. The van der Waals surface area contributed by atoms with Crippen molar-refractivity contribution >= 4 is 0 Å². The summed E-state index contributed by atoms with van der Waals surface area (Å²) in [6.45, 7) is 4.57. The summed E-state index contributed by atoms with van der Waals surface area (Å²) in [5, 5.41) is 9.76. The molecule has 0 bridgehead atoms. The molecule has 100 valence electrons. The first-order chi connectivity index (χ1) is 9.09. The Hall–Kier alpha value is -1.76. The lowest BCUT2D eigenvalue weighted by Gasteiger charge is -2.25. The lowest BCUT2D eigenvalue weighted by Crippen LogP contribution is -2.17. The highest BCUT2D eigenvalue weighted by Crippen LogP contribution is 2.29. The summed E-state index contributed by atoms with van der Waals surface area (Å²) >= 11 is 0. The van der Waals surface area contributed by atoms with Crippen LogP contribution in [0.2, 0.25) is 0 Å². The zero-order valence-corrected chi connectivity index (χ0v) is 11.8. The largest absolute Gasteiger partial charge is 0.508 e. The van der Waals surface area contributed by atoms with Crippen LogP contribution < -0.4 is 0 Å². The molecule has 19 heavy (non-hydrogen) atoms. The molecule has 0 saturated carbocycles. The summed E-state index contributed by atoms with van der Waals surface area (Å²) in [7, 11) is 0. The van der Waals surface area contributed by atoms with Crippen molar-refractivity contribution < 1.29 is 5.11 Å². The Morgan fingerprint density at radius 1 is 0.895 bits per heavy atom. The zero-order valence-electron chi connectivity index (χ0n) is 11.8. The van der Waals surface area contributed by atoms with Crippen molar-refractivity contribution in [1.82, 2.24) is 0 Å². The van der Waals surface area contributed by atoms with Gasteiger partial charge in [0.05, 0.1) is 0 Å². The molecule has 2 rings (SSSR count). The van der Waals surface area contributed by atoms with Gasteiger partial charge in [-0.25, -0.2) is 0 Å². The first-order valence-electron chi connectivity index (χ1n) is 6.92.